The van der Waals surface area contributed by atoms with Crippen molar-refractivity contribution in [3.8, 4) is 0 Å². The summed E-state index contributed by atoms with van der Waals surface area (Å²) in [5.74, 6) is 0.217. The first-order valence-electron chi connectivity index (χ1n) is 7.10. The minimum atomic E-state index is -0.366. The van der Waals surface area contributed by atoms with E-state index in [2.05, 4.69) is 15.6 Å². The fourth-order valence-corrected chi connectivity index (χ4v) is 1.82. The van der Waals surface area contributed by atoms with Crippen molar-refractivity contribution in [2.75, 3.05) is 13.1 Å². The van der Waals surface area contributed by atoms with Crippen LogP contribution in [0.4, 0.5) is 4.79 Å². The van der Waals surface area contributed by atoms with E-state index >= 15 is 0 Å². The Hall–Kier alpha value is -1.62. The van der Waals surface area contributed by atoms with Crippen molar-refractivity contribution in [2.24, 2.45) is 5.92 Å². The second-order valence-electron chi connectivity index (χ2n) is 5.33. The maximum Gasteiger partial charge on any atom is 0.314 e. The molecule has 0 bridgehead atoms. The van der Waals surface area contributed by atoms with Crippen molar-refractivity contribution in [2.45, 2.75) is 39.7 Å². The number of hydrogen-bond donors (Lipinski definition) is 3. The van der Waals surface area contributed by atoms with Gasteiger partial charge in [0.15, 0.2) is 0 Å². The number of aryl methyl sites for hydroxylation is 1. The lowest BCUT2D eigenvalue weighted by Crippen LogP contribution is -2.38. The Bertz CT molecular complexity index is 421. The third-order valence-electron chi connectivity index (χ3n) is 3.31. The summed E-state index contributed by atoms with van der Waals surface area (Å²) in [6, 6.07) is 1.78. The molecule has 1 unspecified atom stereocenters. The zero-order valence-corrected chi connectivity index (χ0v) is 12.5. The summed E-state index contributed by atoms with van der Waals surface area (Å²) >= 11 is 0. The standard InChI is InChI=1S/C15H25N3O2/c1-11(2)14(19)6-9-18-15(20)17-8-5-13-4-7-16-10-12(13)3/h4,7,10-11,14,19H,5-6,8-9H2,1-3H3,(H2,17,18,20). The smallest absolute Gasteiger partial charge is 0.314 e. The Morgan fingerprint density at radius 2 is 2.05 bits per heavy atom. The zero-order valence-electron chi connectivity index (χ0n) is 12.5. The highest BCUT2D eigenvalue weighted by Gasteiger charge is 2.09. The van der Waals surface area contributed by atoms with Crippen LogP contribution in [0, 0.1) is 12.8 Å². The van der Waals surface area contributed by atoms with Gasteiger partial charge in [-0.25, -0.2) is 4.79 Å². The molecular formula is C15H25N3O2. The highest BCUT2D eigenvalue weighted by molar-refractivity contribution is 5.73. The topological polar surface area (TPSA) is 74.2 Å². The Kier molecular flexibility index (Phi) is 7.01. The molecule has 20 heavy (non-hydrogen) atoms. The molecule has 0 aliphatic rings. The fraction of sp³-hybridized carbons (Fsp3) is 0.600. The first-order valence-corrected chi connectivity index (χ1v) is 7.10. The number of urea groups is 1. The molecule has 0 saturated carbocycles. The number of nitrogens with zero attached hydrogens (tertiary/aromatic N) is 1. The van der Waals surface area contributed by atoms with Crippen molar-refractivity contribution >= 4 is 6.03 Å². The molecule has 1 atom stereocenters. The van der Waals surface area contributed by atoms with Gasteiger partial charge >= 0.3 is 6.03 Å². The molecular weight excluding hydrogens is 254 g/mol. The number of carbonyl (C=O) groups is 1. The lowest BCUT2D eigenvalue weighted by Gasteiger charge is -2.14. The van der Waals surface area contributed by atoms with Crippen LogP contribution in [0.5, 0.6) is 0 Å². The lowest BCUT2D eigenvalue weighted by atomic mass is 10.0. The van der Waals surface area contributed by atoms with Crippen LogP contribution in [0.1, 0.15) is 31.4 Å². The van der Waals surface area contributed by atoms with Gasteiger partial charge in [-0.1, -0.05) is 13.8 Å². The average molecular weight is 279 g/mol. The molecule has 0 spiro atoms. The monoisotopic (exact) mass is 279 g/mol. The molecule has 2 amide bonds. The van der Waals surface area contributed by atoms with E-state index in [0.717, 1.165) is 12.0 Å². The van der Waals surface area contributed by atoms with Crippen molar-refractivity contribution in [3.63, 3.8) is 0 Å². The van der Waals surface area contributed by atoms with Gasteiger partial charge in [-0.15, -0.1) is 0 Å². The Balaban J connectivity index is 2.16. The molecule has 1 rings (SSSR count). The summed E-state index contributed by atoms with van der Waals surface area (Å²) in [5, 5.41) is 15.2. The molecule has 112 valence electrons. The molecule has 5 nitrogen and oxygen atoms in total. The van der Waals surface area contributed by atoms with Crippen molar-refractivity contribution in [3.05, 3.63) is 29.6 Å². The molecule has 1 heterocycles. The Morgan fingerprint density at radius 3 is 2.70 bits per heavy atom. The third-order valence-corrected chi connectivity index (χ3v) is 3.31. The fourth-order valence-electron chi connectivity index (χ4n) is 1.82. The van der Waals surface area contributed by atoms with Gasteiger partial charge in [0, 0.05) is 25.5 Å². The minimum Gasteiger partial charge on any atom is -0.393 e. The summed E-state index contributed by atoms with van der Waals surface area (Å²) in [6.07, 6.45) is 4.58. The zero-order chi connectivity index (χ0) is 15.0. The average Bonchev–Trinajstić information content (AvgIpc) is 2.40. The maximum absolute atomic E-state index is 11.6. The van der Waals surface area contributed by atoms with Gasteiger partial charge < -0.3 is 15.7 Å². The van der Waals surface area contributed by atoms with E-state index in [1.165, 1.54) is 5.56 Å². The number of nitrogens with one attached hydrogen (secondary N) is 2. The van der Waals surface area contributed by atoms with Gasteiger partial charge in [-0.3, -0.25) is 4.98 Å². The highest BCUT2D eigenvalue weighted by Crippen LogP contribution is 2.05. The number of aliphatic hydroxyl groups excluding tert-OH is 1. The normalized spacial score (nSPS) is 12.2. The second kappa shape index (κ2) is 8.53. The van der Waals surface area contributed by atoms with Crippen molar-refractivity contribution in [1.82, 2.24) is 15.6 Å². The second-order valence-corrected chi connectivity index (χ2v) is 5.33. The first kappa shape index (κ1) is 16.4. The molecule has 3 N–H and O–H groups in total. The Labute approximate surface area is 120 Å². The largest absolute Gasteiger partial charge is 0.393 e. The molecule has 1 aromatic rings. The molecule has 0 aliphatic heterocycles. The van der Waals surface area contributed by atoms with Crippen LogP contribution in [0.15, 0.2) is 18.5 Å². The Morgan fingerprint density at radius 1 is 1.35 bits per heavy atom. The number of rotatable bonds is 7. The lowest BCUT2D eigenvalue weighted by molar-refractivity contribution is 0.116. The van der Waals surface area contributed by atoms with Gasteiger partial charge in [-0.2, -0.15) is 0 Å². The number of carbonyl (C=O) groups excluding carboxylic acids is 1. The van der Waals surface area contributed by atoms with Gasteiger partial charge in [0.2, 0.25) is 0 Å². The minimum absolute atomic E-state index is 0.187. The van der Waals surface area contributed by atoms with E-state index in [1.54, 1.807) is 6.20 Å². The van der Waals surface area contributed by atoms with E-state index in [1.807, 2.05) is 33.0 Å². The number of amides is 2. The summed E-state index contributed by atoms with van der Waals surface area (Å²) in [6.45, 7) is 7.00. The van der Waals surface area contributed by atoms with Crippen LogP contribution in [-0.2, 0) is 6.42 Å². The van der Waals surface area contributed by atoms with E-state index in [0.29, 0.717) is 19.5 Å². The molecule has 0 aliphatic carbocycles. The van der Waals surface area contributed by atoms with Crippen molar-refractivity contribution in [1.29, 1.82) is 0 Å². The van der Waals surface area contributed by atoms with Crippen LogP contribution in [0.3, 0.4) is 0 Å². The molecule has 0 saturated heterocycles. The summed E-state index contributed by atoms with van der Waals surface area (Å²) in [7, 11) is 0. The SMILES string of the molecule is Cc1cnccc1CCNC(=O)NCCC(O)C(C)C. The number of pyridine rings is 1. The van der Waals surface area contributed by atoms with Crippen LogP contribution < -0.4 is 10.6 Å². The van der Waals surface area contributed by atoms with Crippen LogP contribution in [0.2, 0.25) is 0 Å². The number of aromatic nitrogens is 1. The summed E-state index contributed by atoms with van der Waals surface area (Å²) in [4.78, 5) is 15.6. The van der Waals surface area contributed by atoms with E-state index < -0.39 is 0 Å². The molecule has 1 aromatic heterocycles. The van der Waals surface area contributed by atoms with Crippen LogP contribution in [0.25, 0.3) is 0 Å². The summed E-state index contributed by atoms with van der Waals surface area (Å²) < 4.78 is 0. The first-order chi connectivity index (χ1) is 9.50. The predicted octanol–water partition coefficient (Wildman–Crippen LogP) is 1.64. The number of hydrogen-bond acceptors (Lipinski definition) is 3. The van der Waals surface area contributed by atoms with Crippen LogP contribution >= 0.6 is 0 Å². The maximum atomic E-state index is 11.6. The highest BCUT2D eigenvalue weighted by atomic mass is 16.3. The van der Waals surface area contributed by atoms with Gasteiger partial charge in [0.05, 0.1) is 6.10 Å². The molecule has 5 heteroatoms. The summed E-state index contributed by atoms with van der Waals surface area (Å²) in [5.41, 5.74) is 2.32. The molecule has 0 fully saturated rings. The molecule has 0 aromatic carbocycles. The van der Waals surface area contributed by atoms with Gasteiger partial charge in [-0.05, 0) is 42.9 Å². The van der Waals surface area contributed by atoms with E-state index in [9.17, 15) is 9.90 Å². The van der Waals surface area contributed by atoms with Gasteiger partial charge in [0.25, 0.3) is 0 Å². The number of aliphatic hydroxyl groups is 1. The third kappa shape index (κ3) is 6.02. The van der Waals surface area contributed by atoms with E-state index in [-0.39, 0.29) is 18.1 Å². The van der Waals surface area contributed by atoms with Crippen molar-refractivity contribution < 1.29 is 9.90 Å². The molecule has 0 radical (unpaired) electrons. The quantitative estimate of drug-likeness (QED) is 0.710. The van der Waals surface area contributed by atoms with Crippen LogP contribution in [-0.4, -0.2) is 35.3 Å². The van der Waals surface area contributed by atoms with Gasteiger partial charge in [0.1, 0.15) is 0 Å². The predicted molar refractivity (Wildman–Crippen MR) is 79.5 cm³/mol. The van der Waals surface area contributed by atoms with E-state index in [4.69, 9.17) is 0 Å².